The first-order valence-corrected chi connectivity index (χ1v) is 7.40. The predicted octanol–water partition coefficient (Wildman–Crippen LogP) is 1.66. The van der Waals surface area contributed by atoms with Crippen LogP contribution in [-0.4, -0.2) is 59.6 Å². The largest absolute Gasteiger partial charge is 0.481 e. The van der Waals surface area contributed by atoms with Gasteiger partial charge in [0.15, 0.2) is 0 Å². The fraction of sp³-hybridized carbons (Fsp3) is 0.929. The summed E-state index contributed by atoms with van der Waals surface area (Å²) in [7, 11) is 0. The van der Waals surface area contributed by atoms with E-state index in [0.29, 0.717) is 6.04 Å². The van der Waals surface area contributed by atoms with Crippen LogP contribution < -0.4 is 0 Å². The molecule has 1 N–H and O–H groups in total. The standard InChI is InChI=1S/C14H26N2O2/c1-2-3-4-7-15-8-6-13(11-15)16-9-5-12(10-16)14(17)18/h12-13H,2-11H2,1H3,(H,17,18). The molecule has 104 valence electrons. The van der Waals surface area contributed by atoms with E-state index in [4.69, 9.17) is 5.11 Å². The first-order chi connectivity index (χ1) is 8.70. The summed E-state index contributed by atoms with van der Waals surface area (Å²) in [5.41, 5.74) is 0. The molecule has 0 aliphatic carbocycles. The van der Waals surface area contributed by atoms with E-state index in [1.807, 2.05) is 0 Å². The van der Waals surface area contributed by atoms with Crippen LogP contribution in [0, 0.1) is 5.92 Å². The van der Waals surface area contributed by atoms with Crippen molar-refractivity contribution in [1.82, 2.24) is 9.80 Å². The number of aliphatic carboxylic acids is 1. The molecule has 0 amide bonds. The number of hydrogen-bond donors (Lipinski definition) is 1. The molecule has 2 atom stereocenters. The number of unbranched alkanes of at least 4 members (excludes halogenated alkanes) is 2. The number of likely N-dealkylation sites (tertiary alicyclic amines) is 2. The van der Waals surface area contributed by atoms with Crippen molar-refractivity contribution < 1.29 is 9.90 Å². The lowest BCUT2D eigenvalue weighted by Crippen LogP contribution is -2.36. The molecular weight excluding hydrogens is 228 g/mol. The molecule has 2 saturated heterocycles. The van der Waals surface area contributed by atoms with Gasteiger partial charge in [-0.2, -0.15) is 0 Å². The molecule has 4 heteroatoms. The molecule has 4 nitrogen and oxygen atoms in total. The fourth-order valence-electron chi connectivity index (χ4n) is 3.22. The van der Waals surface area contributed by atoms with Gasteiger partial charge in [-0.1, -0.05) is 19.8 Å². The Morgan fingerprint density at radius 3 is 2.72 bits per heavy atom. The molecule has 2 heterocycles. The SMILES string of the molecule is CCCCCN1CCC(N2CCC(C(=O)O)C2)C1. The zero-order valence-electron chi connectivity index (χ0n) is 11.5. The van der Waals surface area contributed by atoms with E-state index in [1.165, 1.54) is 38.8 Å². The quantitative estimate of drug-likeness (QED) is 0.732. The minimum atomic E-state index is -0.615. The minimum absolute atomic E-state index is 0.126. The molecule has 2 unspecified atom stereocenters. The molecule has 0 bridgehead atoms. The third-order valence-electron chi connectivity index (χ3n) is 4.41. The average molecular weight is 254 g/mol. The van der Waals surface area contributed by atoms with Gasteiger partial charge in [-0.05, 0) is 38.9 Å². The molecule has 2 rings (SSSR count). The van der Waals surface area contributed by atoms with E-state index in [1.54, 1.807) is 0 Å². The lowest BCUT2D eigenvalue weighted by molar-refractivity contribution is -0.141. The van der Waals surface area contributed by atoms with E-state index < -0.39 is 5.97 Å². The minimum Gasteiger partial charge on any atom is -0.481 e. The molecular formula is C14H26N2O2. The highest BCUT2D eigenvalue weighted by Gasteiger charge is 2.34. The van der Waals surface area contributed by atoms with Gasteiger partial charge in [-0.15, -0.1) is 0 Å². The molecule has 0 saturated carbocycles. The van der Waals surface area contributed by atoms with Crippen LogP contribution in [0.5, 0.6) is 0 Å². The number of nitrogens with zero attached hydrogens (tertiary/aromatic N) is 2. The number of carbonyl (C=O) groups is 1. The third kappa shape index (κ3) is 3.45. The van der Waals surface area contributed by atoms with Gasteiger partial charge in [0.25, 0.3) is 0 Å². The molecule has 0 aromatic heterocycles. The maximum absolute atomic E-state index is 11.0. The van der Waals surface area contributed by atoms with E-state index >= 15 is 0 Å². The van der Waals surface area contributed by atoms with Gasteiger partial charge in [0.05, 0.1) is 5.92 Å². The van der Waals surface area contributed by atoms with Gasteiger partial charge >= 0.3 is 5.97 Å². The van der Waals surface area contributed by atoms with E-state index in [2.05, 4.69) is 16.7 Å². The van der Waals surface area contributed by atoms with Crippen LogP contribution in [0.15, 0.2) is 0 Å². The Balaban J connectivity index is 1.71. The summed E-state index contributed by atoms with van der Waals surface area (Å²) < 4.78 is 0. The molecule has 2 aliphatic heterocycles. The Bertz CT molecular complexity index is 283. The van der Waals surface area contributed by atoms with Crippen LogP contribution >= 0.6 is 0 Å². The molecule has 0 spiro atoms. The van der Waals surface area contributed by atoms with Crippen molar-refractivity contribution in [3.05, 3.63) is 0 Å². The molecule has 2 aliphatic rings. The van der Waals surface area contributed by atoms with E-state index in [9.17, 15) is 4.79 Å². The number of hydrogen-bond acceptors (Lipinski definition) is 3. The molecule has 0 radical (unpaired) electrons. The Morgan fingerprint density at radius 1 is 1.22 bits per heavy atom. The second-order valence-corrected chi connectivity index (χ2v) is 5.77. The van der Waals surface area contributed by atoms with Crippen molar-refractivity contribution in [1.29, 1.82) is 0 Å². The first-order valence-electron chi connectivity index (χ1n) is 7.40. The van der Waals surface area contributed by atoms with Crippen molar-refractivity contribution in [3.8, 4) is 0 Å². The van der Waals surface area contributed by atoms with Crippen LogP contribution in [0.1, 0.15) is 39.0 Å². The summed E-state index contributed by atoms with van der Waals surface area (Å²) >= 11 is 0. The van der Waals surface area contributed by atoms with Crippen molar-refractivity contribution in [2.24, 2.45) is 5.92 Å². The first kappa shape index (κ1) is 13.8. The maximum atomic E-state index is 11.0. The Morgan fingerprint density at radius 2 is 2.06 bits per heavy atom. The predicted molar refractivity (Wildman–Crippen MR) is 71.7 cm³/mol. The second-order valence-electron chi connectivity index (χ2n) is 5.77. The summed E-state index contributed by atoms with van der Waals surface area (Å²) in [6.07, 6.45) is 5.97. The van der Waals surface area contributed by atoms with Gasteiger partial charge < -0.3 is 10.0 Å². The highest BCUT2D eigenvalue weighted by molar-refractivity contribution is 5.70. The summed E-state index contributed by atoms with van der Waals surface area (Å²) in [6.45, 7) is 7.55. The molecule has 2 fully saturated rings. The lowest BCUT2D eigenvalue weighted by atomic mass is 10.1. The second kappa shape index (κ2) is 6.53. The fourth-order valence-corrected chi connectivity index (χ4v) is 3.22. The zero-order chi connectivity index (χ0) is 13.0. The molecule has 18 heavy (non-hydrogen) atoms. The monoisotopic (exact) mass is 254 g/mol. The topological polar surface area (TPSA) is 43.8 Å². The summed E-state index contributed by atoms with van der Waals surface area (Å²) in [4.78, 5) is 15.9. The van der Waals surface area contributed by atoms with E-state index in [-0.39, 0.29) is 5.92 Å². The summed E-state index contributed by atoms with van der Waals surface area (Å²) in [6, 6.07) is 0.607. The Labute approximate surface area is 110 Å². The van der Waals surface area contributed by atoms with Crippen LogP contribution in [0.3, 0.4) is 0 Å². The highest BCUT2D eigenvalue weighted by atomic mass is 16.4. The van der Waals surface area contributed by atoms with Crippen LogP contribution in [0.2, 0.25) is 0 Å². The van der Waals surface area contributed by atoms with Gasteiger partial charge in [-0.25, -0.2) is 0 Å². The molecule has 0 aromatic carbocycles. The van der Waals surface area contributed by atoms with Crippen LogP contribution in [-0.2, 0) is 4.79 Å². The van der Waals surface area contributed by atoms with Gasteiger partial charge in [0.1, 0.15) is 0 Å². The van der Waals surface area contributed by atoms with Crippen molar-refractivity contribution in [2.75, 3.05) is 32.7 Å². The Hall–Kier alpha value is -0.610. The van der Waals surface area contributed by atoms with E-state index in [0.717, 1.165) is 26.1 Å². The maximum Gasteiger partial charge on any atom is 0.307 e. The number of rotatable bonds is 6. The van der Waals surface area contributed by atoms with Gasteiger partial charge in [-0.3, -0.25) is 9.69 Å². The van der Waals surface area contributed by atoms with Crippen molar-refractivity contribution in [2.45, 2.75) is 45.1 Å². The summed E-state index contributed by atoms with van der Waals surface area (Å²) in [5, 5.41) is 9.03. The number of carboxylic acid groups (broad SMARTS) is 1. The highest BCUT2D eigenvalue weighted by Crippen LogP contribution is 2.24. The van der Waals surface area contributed by atoms with Gasteiger partial charge in [0, 0.05) is 19.1 Å². The lowest BCUT2D eigenvalue weighted by Gasteiger charge is -2.24. The molecule has 0 aromatic rings. The Kier molecular flexibility index (Phi) is 5.01. The van der Waals surface area contributed by atoms with Crippen molar-refractivity contribution in [3.63, 3.8) is 0 Å². The van der Waals surface area contributed by atoms with Crippen LogP contribution in [0.4, 0.5) is 0 Å². The third-order valence-corrected chi connectivity index (χ3v) is 4.41. The smallest absolute Gasteiger partial charge is 0.307 e. The normalized spacial score (nSPS) is 30.1. The summed E-state index contributed by atoms with van der Waals surface area (Å²) in [5.74, 6) is -0.741. The van der Waals surface area contributed by atoms with Gasteiger partial charge in [0.2, 0.25) is 0 Å². The number of carboxylic acids is 1. The zero-order valence-corrected chi connectivity index (χ0v) is 11.5. The van der Waals surface area contributed by atoms with Crippen molar-refractivity contribution >= 4 is 5.97 Å². The average Bonchev–Trinajstić information content (AvgIpc) is 2.97. The van der Waals surface area contributed by atoms with Crippen LogP contribution in [0.25, 0.3) is 0 Å².